The van der Waals surface area contributed by atoms with Gasteiger partial charge in [-0.1, -0.05) is 38.5 Å². The van der Waals surface area contributed by atoms with Crippen molar-refractivity contribution in [3.8, 4) is 0 Å². The van der Waals surface area contributed by atoms with E-state index >= 15 is 0 Å². The Labute approximate surface area is 308 Å². The zero-order valence-corrected chi connectivity index (χ0v) is 32.2. The molecule has 2 saturated heterocycles. The molecular formula is C38H63NO13. The predicted molar refractivity (Wildman–Crippen MR) is 190 cm³/mol. The van der Waals surface area contributed by atoms with Crippen LogP contribution in [0.25, 0.3) is 0 Å². The van der Waals surface area contributed by atoms with Crippen LogP contribution in [0.3, 0.4) is 0 Å². The van der Waals surface area contributed by atoms with Crippen LogP contribution in [-0.4, -0.2) is 142 Å². The fourth-order valence-corrected chi connectivity index (χ4v) is 7.68. The van der Waals surface area contributed by atoms with Crippen molar-refractivity contribution in [1.29, 1.82) is 0 Å². The summed E-state index contributed by atoms with van der Waals surface area (Å²) in [5.74, 6) is -3.38. The topological polar surface area (TPSA) is 202 Å². The van der Waals surface area contributed by atoms with Gasteiger partial charge in [0.1, 0.15) is 30.7 Å². The summed E-state index contributed by atoms with van der Waals surface area (Å²) < 4.78 is 30.7. The molecule has 5 N–H and O–H groups in total. The highest BCUT2D eigenvalue weighted by atomic mass is 16.7. The number of aliphatic hydroxyl groups excluding tert-OH is 4. The number of hydrogen-bond acceptors (Lipinski definition) is 14. The molecule has 3 heterocycles. The molecule has 3 rings (SSSR count). The highest BCUT2D eigenvalue weighted by Gasteiger charge is 2.51. The first-order chi connectivity index (χ1) is 24.3. The van der Waals surface area contributed by atoms with Crippen LogP contribution in [-0.2, 0) is 38.1 Å². The van der Waals surface area contributed by atoms with Gasteiger partial charge in [0.05, 0.1) is 49.1 Å². The van der Waals surface area contributed by atoms with Gasteiger partial charge < -0.3 is 58.9 Å². The average Bonchev–Trinajstić information content (AvgIpc) is 3.07. The van der Waals surface area contributed by atoms with Crippen molar-refractivity contribution < 1.29 is 63.6 Å². The summed E-state index contributed by atoms with van der Waals surface area (Å²) >= 11 is 0. The second-order valence-corrected chi connectivity index (χ2v) is 15.5. The van der Waals surface area contributed by atoms with Gasteiger partial charge in [-0.25, -0.2) is 0 Å². The zero-order chi connectivity index (χ0) is 39.1. The van der Waals surface area contributed by atoms with Crippen molar-refractivity contribution in [3.63, 3.8) is 0 Å². The number of carbonyl (C=O) groups is 3. The molecule has 0 spiro atoms. The van der Waals surface area contributed by atoms with Gasteiger partial charge in [0, 0.05) is 30.6 Å². The highest BCUT2D eigenvalue weighted by Crippen LogP contribution is 2.37. The van der Waals surface area contributed by atoms with Gasteiger partial charge in [-0.3, -0.25) is 9.59 Å². The summed E-state index contributed by atoms with van der Waals surface area (Å²) in [4.78, 5) is 40.3. The molecule has 14 heteroatoms. The first-order valence-corrected chi connectivity index (χ1v) is 18.5. The van der Waals surface area contributed by atoms with Gasteiger partial charge >= 0.3 is 5.97 Å². The standard InChI is InChI=1S/C38H63NO13/c1-10-29-26(19-41)15-20(2)11-12-27(42)21(3)16-25(13-14-40)34(22(4)28(43)17-30(44)50-29)52-37-33(45)32(39(8)9)35(23(5)49-37)51-31-18-38(7,47)36(46)24(6)48-31/h11-12,14-15,21-26,28-29,31-37,41,43,45-47H,10,13,16-19H2,1-9H3/b12-11+,20-15+/t21-,22+,23-,24+,25+,26+,28-,29-,31+,32-,33-,34-,35-,36+,37+,38-/m1/s1. The van der Waals surface area contributed by atoms with Gasteiger partial charge in [0.2, 0.25) is 0 Å². The maximum atomic E-state index is 13.3. The minimum absolute atomic E-state index is 0.0210. The third-order valence-corrected chi connectivity index (χ3v) is 10.9. The van der Waals surface area contributed by atoms with E-state index in [-0.39, 0.29) is 31.7 Å². The van der Waals surface area contributed by atoms with Crippen molar-refractivity contribution in [2.75, 3.05) is 20.7 Å². The summed E-state index contributed by atoms with van der Waals surface area (Å²) in [6.07, 6.45) is -4.08. The van der Waals surface area contributed by atoms with Crippen LogP contribution in [0.2, 0.25) is 0 Å². The lowest BCUT2D eigenvalue weighted by molar-refractivity contribution is -0.341. The molecule has 0 aliphatic carbocycles. The predicted octanol–water partition coefficient (Wildman–Crippen LogP) is 1.67. The van der Waals surface area contributed by atoms with E-state index in [0.29, 0.717) is 12.0 Å². The van der Waals surface area contributed by atoms with Gasteiger partial charge in [0.25, 0.3) is 0 Å². The quantitative estimate of drug-likeness (QED) is 0.169. The number of esters is 1. The molecule has 0 aromatic heterocycles. The Bertz CT molecular complexity index is 1240. The van der Waals surface area contributed by atoms with Crippen molar-refractivity contribution in [2.24, 2.45) is 23.7 Å². The molecule has 0 bridgehead atoms. The molecule has 0 unspecified atom stereocenters. The molecule has 0 amide bonds. The smallest absolute Gasteiger partial charge is 0.308 e. The Balaban J connectivity index is 1.96. The van der Waals surface area contributed by atoms with Crippen LogP contribution in [0.1, 0.15) is 80.6 Å². The van der Waals surface area contributed by atoms with E-state index in [9.17, 15) is 39.9 Å². The number of hydrogen-bond donors (Lipinski definition) is 5. The minimum Gasteiger partial charge on any atom is -0.462 e. The molecular weight excluding hydrogens is 678 g/mol. The van der Waals surface area contributed by atoms with Crippen LogP contribution in [0, 0.1) is 23.7 Å². The van der Waals surface area contributed by atoms with E-state index < -0.39 is 109 Å². The number of carbonyl (C=O) groups excluding carboxylic acids is 3. The Morgan fingerprint density at radius 1 is 1.02 bits per heavy atom. The fraction of sp³-hybridized carbons (Fsp3) is 0.816. The second kappa shape index (κ2) is 19.5. The number of ether oxygens (including phenoxy) is 5. The third-order valence-electron chi connectivity index (χ3n) is 10.9. The highest BCUT2D eigenvalue weighted by molar-refractivity contribution is 5.91. The Kier molecular flexibility index (Phi) is 16.6. The number of nitrogens with zero attached hydrogens (tertiary/aromatic N) is 1. The normalized spacial score (nSPS) is 44.8. The van der Waals surface area contributed by atoms with Gasteiger partial charge in [-0.15, -0.1) is 0 Å². The largest absolute Gasteiger partial charge is 0.462 e. The molecule has 2 fully saturated rings. The van der Waals surface area contributed by atoms with Gasteiger partial charge in [-0.2, -0.15) is 0 Å². The summed E-state index contributed by atoms with van der Waals surface area (Å²) in [5, 5.41) is 54.5. The van der Waals surface area contributed by atoms with Crippen molar-refractivity contribution in [3.05, 3.63) is 23.8 Å². The molecule has 0 aromatic rings. The summed E-state index contributed by atoms with van der Waals surface area (Å²) in [7, 11) is 3.51. The maximum Gasteiger partial charge on any atom is 0.308 e. The SMILES string of the molecule is CC[C@H]1OC(=O)C[C@@H](O)[C@H](C)[C@@H](O[C@@H]2O[C@H](C)[C@@H](O[C@H]3C[C@@](C)(O)[C@@H](O)[C@H](C)O3)[C@H](N(C)C)[C@H]2O)[C@@H](CC=O)C[C@@H](C)C(=O)/C=C/C(C)=C/[C@H]1CO. The maximum absolute atomic E-state index is 13.3. The first-order valence-electron chi connectivity index (χ1n) is 18.5. The molecule has 0 aromatic carbocycles. The number of rotatable bonds is 9. The third kappa shape index (κ3) is 11.2. The lowest BCUT2D eigenvalue weighted by atomic mass is 9.79. The zero-order valence-electron chi connectivity index (χ0n) is 32.2. The Morgan fingerprint density at radius 2 is 1.69 bits per heavy atom. The second-order valence-electron chi connectivity index (χ2n) is 15.5. The number of aliphatic hydroxyl groups is 5. The monoisotopic (exact) mass is 741 g/mol. The van der Waals surface area contributed by atoms with Crippen molar-refractivity contribution in [1.82, 2.24) is 4.90 Å². The number of likely N-dealkylation sites (N-methyl/N-ethyl adjacent to an activating group) is 1. The van der Waals surface area contributed by atoms with Crippen LogP contribution in [0.15, 0.2) is 23.8 Å². The van der Waals surface area contributed by atoms with Crippen molar-refractivity contribution in [2.45, 2.75) is 154 Å². The van der Waals surface area contributed by atoms with E-state index in [1.165, 1.54) is 13.0 Å². The molecule has 0 radical (unpaired) electrons. The lowest BCUT2D eigenvalue weighted by Crippen LogP contribution is -2.65. The van der Waals surface area contributed by atoms with E-state index in [2.05, 4.69) is 0 Å². The molecule has 3 aliphatic heterocycles. The number of ketones is 1. The number of aldehydes is 1. The Hall–Kier alpha value is -2.11. The van der Waals surface area contributed by atoms with E-state index in [1.807, 2.05) is 6.92 Å². The number of cyclic esters (lactones) is 1. The summed E-state index contributed by atoms with van der Waals surface area (Å²) in [5.41, 5.74) is -0.773. The van der Waals surface area contributed by atoms with Crippen LogP contribution in [0.5, 0.6) is 0 Å². The van der Waals surface area contributed by atoms with E-state index in [1.54, 1.807) is 65.8 Å². The van der Waals surface area contributed by atoms with Gasteiger partial charge in [0.15, 0.2) is 18.4 Å². The molecule has 3 aliphatic rings. The summed E-state index contributed by atoms with van der Waals surface area (Å²) in [6, 6.07) is -0.720. The van der Waals surface area contributed by atoms with Crippen molar-refractivity contribution >= 4 is 18.0 Å². The summed E-state index contributed by atoms with van der Waals surface area (Å²) in [6.45, 7) is 11.6. The molecule has 52 heavy (non-hydrogen) atoms. The van der Waals surface area contributed by atoms with E-state index in [0.717, 1.165) is 6.29 Å². The number of allylic oxidation sites excluding steroid dienone is 3. The first kappa shape index (κ1) is 44.3. The van der Waals surface area contributed by atoms with E-state index in [4.69, 9.17) is 23.7 Å². The lowest BCUT2D eigenvalue weighted by Gasteiger charge is -2.50. The molecule has 0 saturated carbocycles. The molecule has 298 valence electrons. The van der Waals surface area contributed by atoms with Crippen LogP contribution in [0.4, 0.5) is 0 Å². The van der Waals surface area contributed by atoms with Gasteiger partial charge in [-0.05, 0) is 66.6 Å². The fourth-order valence-electron chi connectivity index (χ4n) is 7.68. The average molecular weight is 742 g/mol. The molecule has 16 atom stereocenters. The van der Waals surface area contributed by atoms with Crippen LogP contribution >= 0.6 is 0 Å². The van der Waals surface area contributed by atoms with Crippen LogP contribution < -0.4 is 0 Å². The Morgan fingerprint density at radius 3 is 2.27 bits per heavy atom. The minimum atomic E-state index is -1.47. The molecule has 14 nitrogen and oxygen atoms in total.